The minimum absolute atomic E-state index is 0.0628. The minimum atomic E-state index is -0.479. The second-order valence-electron chi connectivity index (χ2n) is 7.20. The van der Waals surface area contributed by atoms with Crippen LogP contribution in [0, 0.1) is 0 Å². The highest BCUT2D eigenvalue weighted by atomic mass is 32.2. The van der Waals surface area contributed by atoms with Crippen LogP contribution >= 0.6 is 11.8 Å². The molecule has 0 aromatic heterocycles. The Hall–Kier alpha value is -2.35. The first-order chi connectivity index (χ1) is 14.0. The lowest BCUT2D eigenvalue weighted by atomic mass is 10.1. The third-order valence-electron chi connectivity index (χ3n) is 5.17. The zero-order valence-corrected chi connectivity index (χ0v) is 17.8. The molecule has 8 heteroatoms. The highest BCUT2D eigenvalue weighted by Gasteiger charge is 2.33. The van der Waals surface area contributed by atoms with E-state index in [1.807, 2.05) is 13.8 Å². The van der Waals surface area contributed by atoms with Gasteiger partial charge in [0.2, 0.25) is 5.91 Å². The van der Waals surface area contributed by atoms with E-state index in [-0.39, 0.29) is 24.1 Å². The molecule has 0 unspecified atom stereocenters. The van der Waals surface area contributed by atoms with E-state index in [0.717, 1.165) is 31.1 Å². The van der Waals surface area contributed by atoms with Crippen molar-refractivity contribution in [3.05, 3.63) is 29.8 Å². The number of anilines is 1. The fourth-order valence-electron chi connectivity index (χ4n) is 3.53. The van der Waals surface area contributed by atoms with Crippen molar-refractivity contribution in [2.24, 2.45) is 4.99 Å². The number of amides is 3. The second kappa shape index (κ2) is 9.91. The molecule has 1 fully saturated rings. The quantitative estimate of drug-likeness (QED) is 0.771. The van der Waals surface area contributed by atoms with Gasteiger partial charge in [-0.3, -0.25) is 14.4 Å². The highest BCUT2D eigenvalue weighted by Crippen LogP contribution is 2.29. The summed E-state index contributed by atoms with van der Waals surface area (Å²) in [7, 11) is 0. The van der Waals surface area contributed by atoms with E-state index in [1.165, 1.54) is 18.2 Å². The smallest absolute Gasteiger partial charge is 0.262 e. The number of likely N-dealkylation sites (tertiary alicyclic amines) is 1. The Bertz CT molecular complexity index is 801. The van der Waals surface area contributed by atoms with E-state index in [9.17, 15) is 14.4 Å². The molecule has 0 spiro atoms. The fourth-order valence-corrected chi connectivity index (χ4v) is 4.65. The van der Waals surface area contributed by atoms with Gasteiger partial charge in [0.1, 0.15) is 5.25 Å². The molecule has 1 saturated heterocycles. The van der Waals surface area contributed by atoms with E-state index >= 15 is 0 Å². The van der Waals surface area contributed by atoms with Crippen LogP contribution in [0.5, 0.6) is 0 Å². The SMILES string of the molecule is CCN(CC)C(=O)c1cccc(NC(=O)C[C@H]2SC(N3CCCCC3)=NC2=O)c1. The predicted octanol–water partition coefficient (Wildman–Crippen LogP) is 2.98. The van der Waals surface area contributed by atoms with Gasteiger partial charge in [0.15, 0.2) is 5.17 Å². The van der Waals surface area contributed by atoms with Crippen LogP contribution in [0.15, 0.2) is 29.3 Å². The van der Waals surface area contributed by atoms with Crippen molar-refractivity contribution in [1.82, 2.24) is 9.80 Å². The number of amidine groups is 1. The van der Waals surface area contributed by atoms with Gasteiger partial charge in [0.05, 0.1) is 0 Å². The first-order valence-corrected chi connectivity index (χ1v) is 11.1. The molecule has 2 aliphatic heterocycles. The predicted molar refractivity (Wildman–Crippen MR) is 116 cm³/mol. The average molecular weight is 417 g/mol. The van der Waals surface area contributed by atoms with Crippen LogP contribution < -0.4 is 5.32 Å². The maximum Gasteiger partial charge on any atom is 0.262 e. The first kappa shape index (κ1) is 21.4. The molecule has 0 saturated carbocycles. The summed E-state index contributed by atoms with van der Waals surface area (Å²) >= 11 is 1.39. The van der Waals surface area contributed by atoms with Crippen LogP contribution in [0.3, 0.4) is 0 Å². The van der Waals surface area contributed by atoms with Crippen LogP contribution in [-0.4, -0.2) is 64.1 Å². The maximum absolute atomic E-state index is 12.5. The van der Waals surface area contributed by atoms with Crippen LogP contribution in [0.25, 0.3) is 0 Å². The molecule has 0 aliphatic carbocycles. The lowest BCUT2D eigenvalue weighted by Gasteiger charge is -2.27. The third-order valence-corrected chi connectivity index (χ3v) is 6.38. The summed E-state index contributed by atoms with van der Waals surface area (Å²) < 4.78 is 0. The topological polar surface area (TPSA) is 82.1 Å². The van der Waals surface area contributed by atoms with Crippen LogP contribution in [-0.2, 0) is 9.59 Å². The molecule has 1 aromatic rings. The Morgan fingerprint density at radius 3 is 2.62 bits per heavy atom. The average Bonchev–Trinajstić information content (AvgIpc) is 3.10. The minimum Gasteiger partial charge on any atom is -0.351 e. The van der Waals surface area contributed by atoms with Crippen LogP contribution in [0.1, 0.15) is 49.9 Å². The largest absolute Gasteiger partial charge is 0.351 e. The molecule has 0 radical (unpaired) electrons. The van der Waals surface area contributed by atoms with E-state index in [1.54, 1.807) is 29.2 Å². The molecule has 1 aromatic carbocycles. The van der Waals surface area contributed by atoms with E-state index in [4.69, 9.17) is 0 Å². The lowest BCUT2D eigenvalue weighted by Crippen LogP contribution is -2.33. The highest BCUT2D eigenvalue weighted by molar-refractivity contribution is 8.15. The summed E-state index contributed by atoms with van der Waals surface area (Å²) in [6, 6.07) is 6.92. The van der Waals surface area contributed by atoms with Crippen molar-refractivity contribution in [3.63, 3.8) is 0 Å². The van der Waals surface area contributed by atoms with Gasteiger partial charge < -0.3 is 15.1 Å². The molecular formula is C21H28N4O3S. The van der Waals surface area contributed by atoms with Gasteiger partial charge in [-0.05, 0) is 51.3 Å². The van der Waals surface area contributed by atoms with Gasteiger partial charge in [-0.2, -0.15) is 4.99 Å². The molecule has 3 amide bonds. The molecular weight excluding hydrogens is 388 g/mol. The van der Waals surface area contributed by atoms with Crippen molar-refractivity contribution in [1.29, 1.82) is 0 Å². The normalized spacial score (nSPS) is 19.1. The summed E-state index contributed by atoms with van der Waals surface area (Å²) in [6.07, 6.45) is 3.51. The van der Waals surface area contributed by atoms with Gasteiger partial charge in [0, 0.05) is 43.9 Å². The van der Waals surface area contributed by atoms with Gasteiger partial charge in [-0.1, -0.05) is 17.8 Å². The molecule has 3 rings (SSSR count). The Labute approximate surface area is 175 Å². The van der Waals surface area contributed by atoms with Crippen molar-refractivity contribution in [3.8, 4) is 0 Å². The zero-order valence-electron chi connectivity index (χ0n) is 17.0. The van der Waals surface area contributed by atoms with Crippen molar-refractivity contribution in [2.45, 2.75) is 44.8 Å². The number of benzene rings is 1. The standard InChI is InChI=1S/C21H28N4O3S/c1-3-24(4-2)20(28)15-9-8-10-16(13-15)22-18(26)14-17-19(27)23-21(29-17)25-11-6-5-7-12-25/h8-10,13,17H,3-7,11-12,14H2,1-2H3,(H,22,26)/t17-/m1/s1. The third kappa shape index (κ3) is 5.38. The van der Waals surface area contributed by atoms with Gasteiger partial charge >= 0.3 is 0 Å². The van der Waals surface area contributed by atoms with Crippen molar-refractivity contribution >= 4 is 40.3 Å². The lowest BCUT2D eigenvalue weighted by molar-refractivity contribution is -0.121. The molecule has 29 heavy (non-hydrogen) atoms. The Balaban J connectivity index is 1.57. The monoisotopic (exact) mass is 416 g/mol. The number of carbonyl (C=O) groups is 3. The molecule has 7 nitrogen and oxygen atoms in total. The number of carbonyl (C=O) groups excluding carboxylic acids is 3. The van der Waals surface area contributed by atoms with Gasteiger partial charge in [-0.15, -0.1) is 0 Å². The number of hydrogen-bond acceptors (Lipinski definition) is 5. The van der Waals surface area contributed by atoms with E-state index in [2.05, 4.69) is 15.2 Å². The second-order valence-corrected chi connectivity index (χ2v) is 8.37. The molecule has 156 valence electrons. The first-order valence-electron chi connectivity index (χ1n) is 10.2. The molecule has 1 N–H and O–H groups in total. The molecule has 2 heterocycles. The fraction of sp³-hybridized carbons (Fsp3) is 0.524. The number of nitrogens with one attached hydrogen (secondary N) is 1. The van der Waals surface area contributed by atoms with Gasteiger partial charge in [0.25, 0.3) is 11.8 Å². The van der Waals surface area contributed by atoms with Crippen molar-refractivity contribution < 1.29 is 14.4 Å². The molecule has 2 aliphatic rings. The number of piperidine rings is 1. The number of aliphatic imine (C=N–C) groups is 1. The summed E-state index contributed by atoms with van der Waals surface area (Å²) in [5.41, 5.74) is 1.09. The Morgan fingerprint density at radius 2 is 1.93 bits per heavy atom. The van der Waals surface area contributed by atoms with Gasteiger partial charge in [-0.25, -0.2) is 0 Å². The number of thioether (sulfide) groups is 1. The van der Waals surface area contributed by atoms with Crippen LogP contribution in [0.2, 0.25) is 0 Å². The number of nitrogens with zero attached hydrogens (tertiary/aromatic N) is 3. The van der Waals surface area contributed by atoms with E-state index < -0.39 is 5.25 Å². The summed E-state index contributed by atoms with van der Waals surface area (Å²) in [4.78, 5) is 45.3. The number of rotatable bonds is 6. The Kier molecular flexibility index (Phi) is 7.30. The molecule has 1 atom stereocenters. The number of hydrogen-bond donors (Lipinski definition) is 1. The summed E-state index contributed by atoms with van der Waals surface area (Å²) in [6.45, 7) is 6.97. The van der Waals surface area contributed by atoms with E-state index in [0.29, 0.717) is 24.3 Å². The zero-order chi connectivity index (χ0) is 20.8. The maximum atomic E-state index is 12.5. The summed E-state index contributed by atoms with van der Waals surface area (Å²) in [5.74, 6) is -0.554. The van der Waals surface area contributed by atoms with Crippen molar-refractivity contribution in [2.75, 3.05) is 31.5 Å². The molecule has 0 bridgehead atoms. The van der Waals surface area contributed by atoms with Crippen LogP contribution in [0.4, 0.5) is 5.69 Å². The summed E-state index contributed by atoms with van der Waals surface area (Å²) in [5, 5.41) is 3.08. The Morgan fingerprint density at radius 1 is 1.21 bits per heavy atom.